The molecule has 1 N–H and O–H groups in total. The normalized spacial score (nSPS) is 13.4. The van der Waals surface area contributed by atoms with Crippen LogP contribution in [0.3, 0.4) is 0 Å². The maximum atomic E-state index is 9.19. The van der Waals surface area contributed by atoms with Crippen molar-refractivity contribution in [1.29, 1.82) is 0 Å². The molecule has 0 spiro atoms. The molecule has 56 valence electrons. The van der Waals surface area contributed by atoms with E-state index < -0.39 is 0 Å². The molecular weight excluding hydrogens is 124 g/mol. The Labute approximate surface area is 62.4 Å². The topological polar surface area (TPSA) is 20.2 Å². The number of aliphatic hydroxyl groups excluding tert-OH is 1. The van der Waals surface area contributed by atoms with E-state index in [0.29, 0.717) is 5.76 Å². The summed E-state index contributed by atoms with van der Waals surface area (Å²) in [5, 5.41) is 9.19. The Morgan fingerprint density at radius 2 is 2.20 bits per heavy atom. The third-order valence-electron chi connectivity index (χ3n) is 1.30. The fraction of sp³-hybridized carbons (Fsp3) is 0.333. The Balaban J connectivity index is 4.35. The van der Waals surface area contributed by atoms with E-state index in [-0.39, 0.29) is 0 Å². The Hall–Kier alpha value is -0.980. The van der Waals surface area contributed by atoms with Gasteiger partial charge in [-0.15, -0.1) is 0 Å². The van der Waals surface area contributed by atoms with Crippen LogP contribution in [0.2, 0.25) is 0 Å². The molecule has 1 heteroatoms. The summed E-state index contributed by atoms with van der Waals surface area (Å²) in [6.07, 6.45) is 6.01. The second-order valence-corrected chi connectivity index (χ2v) is 1.96. The van der Waals surface area contributed by atoms with Crippen molar-refractivity contribution < 1.29 is 5.11 Å². The molecule has 0 saturated heterocycles. The summed E-state index contributed by atoms with van der Waals surface area (Å²) >= 11 is 0. The Bertz CT molecular complexity index is 164. The predicted octanol–water partition coefficient (Wildman–Crippen LogP) is 2.97. The summed E-state index contributed by atoms with van der Waals surface area (Å²) < 4.78 is 0. The van der Waals surface area contributed by atoms with Gasteiger partial charge in [0.25, 0.3) is 0 Å². The Morgan fingerprint density at radius 3 is 2.50 bits per heavy atom. The molecule has 1 nitrogen and oxygen atoms in total. The van der Waals surface area contributed by atoms with Crippen molar-refractivity contribution in [1.82, 2.24) is 0 Å². The number of rotatable bonds is 3. The minimum atomic E-state index is 0.349. The van der Waals surface area contributed by atoms with Crippen LogP contribution in [0.15, 0.2) is 36.1 Å². The van der Waals surface area contributed by atoms with E-state index in [1.807, 2.05) is 19.9 Å². The van der Waals surface area contributed by atoms with Gasteiger partial charge < -0.3 is 5.11 Å². The monoisotopic (exact) mass is 138 g/mol. The minimum Gasteiger partial charge on any atom is -0.508 e. The molecule has 0 aromatic rings. The lowest BCUT2D eigenvalue weighted by Gasteiger charge is -1.99. The maximum absolute atomic E-state index is 9.19. The zero-order valence-electron chi connectivity index (χ0n) is 6.59. The van der Waals surface area contributed by atoms with Crippen molar-refractivity contribution >= 4 is 0 Å². The van der Waals surface area contributed by atoms with Crippen LogP contribution in [0.5, 0.6) is 0 Å². The van der Waals surface area contributed by atoms with E-state index in [4.69, 9.17) is 0 Å². The average molecular weight is 138 g/mol. The average Bonchev–Trinajstić information content (AvgIpc) is 1.99. The van der Waals surface area contributed by atoms with Gasteiger partial charge in [-0.2, -0.15) is 0 Å². The molecule has 0 aromatic carbocycles. The van der Waals surface area contributed by atoms with Crippen LogP contribution in [0, 0.1) is 0 Å². The summed E-state index contributed by atoms with van der Waals surface area (Å²) in [5.74, 6) is 0.349. The molecule has 0 saturated carbocycles. The maximum Gasteiger partial charge on any atom is 0.114 e. The van der Waals surface area contributed by atoms with Crippen LogP contribution in [0.1, 0.15) is 20.3 Å². The van der Waals surface area contributed by atoms with Crippen molar-refractivity contribution in [3.05, 3.63) is 36.1 Å². The van der Waals surface area contributed by atoms with Gasteiger partial charge in [0, 0.05) is 0 Å². The van der Waals surface area contributed by atoms with Gasteiger partial charge in [0.2, 0.25) is 0 Å². The van der Waals surface area contributed by atoms with Gasteiger partial charge in [-0.3, -0.25) is 0 Å². The number of allylic oxidation sites excluding steroid dienone is 4. The molecule has 0 rings (SSSR count). The molecule has 0 heterocycles. The first-order valence-corrected chi connectivity index (χ1v) is 3.43. The highest BCUT2D eigenvalue weighted by molar-refractivity contribution is 5.27. The first-order valence-electron chi connectivity index (χ1n) is 3.43. The Morgan fingerprint density at radius 1 is 1.60 bits per heavy atom. The van der Waals surface area contributed by atoms with Crippen LogP contribution in [-0.4, -0.2) is 5.11 Å². The van der Waals surface area contributed by atoms with E-state index in [9.17, 15) is 5.11 Å². The van der Waals surface area contributed by atoms with Crippen LogP contribution in [-0.2, 0) is 0 Å². The summed E-state index contributed by atoms with van der Waals surface area (Å²) in [6, 6.07) is 0. The van der Waals surface area contributed by atoms with Crippen molar-refractivity contribution in [3.8, 4) is 0 Å². The lowest BCUT2D eigenvalue weighted by Crippen LogP contribution is -1.84. The first kappa shape index (κ1) is 9.02. The van der Waals surface area contributed by atoms with Gasteiger partial charge in [0.1, 0.15) is 5.76 Å². The highest BCUT2D eigenvalue weighted by atomic mass is 16.3. The fourth-order valence-corrected chi connectivity index (χ4v) is 0.712. The van der Waals surface area contributed by atoms with Gasteiger partial charge in [-0.25, -0.2) is 0 Å². The van der Waals surface area contributed by atoms with E-state index >= 15 is 0 Å². The first-order chi connectivity index (χ1) is 4.76. The van der Waals surface area contributed by atoms with E-state index in [0.717, 1.165) is 12.0 Å². The van der Waals surface area contributed by atoms with Crippen LogP contribution >= 0.6 is 0 Å². The highest BCUT2D eigenvalue weighted by Crippen LogP contribution is 2.09. The summed E-state index contributed by atoms with van der Waals surface area (Å²) in [6.45, 7) is 7.35. The molecule has 0 bridgehead atoms. The van der Waals surface area contributed by atoms with Crippen LogP contribution in [0.25, 0.3) is 0 Å². The second-order valence-electron chi connectivity index (χ2n) is 1.96. The van der Waals surface area contributed by atoms with Gasteiger partial charge >= 0.3 is 0 Å². The molecule has 0 aliphatic rings. The standard InChI is InChI=1S/C9H14O/c1-4-7-8(5-2)9(10)6-3/h4,6-7,10H,1,5H2,2-3H3/b8-7-,9-6+. The summed E-state index contributed by atoms with van der Waals surface area (Å²) in [4.78, 5) is 0. The molecule has 0 aromatic heterocycles. The zero-order chi connectivity index (χ0) is 7.98. The molecule has 0 fully saturated rings. The highest BCUT2D eigenvalue weighted by Gasteiger charge is 1.95. The SMILES string of the molecule is C=C/C=C(CC)\C(O)=C/C. The summed E-state index contributed by atoms with van der Waals surface area (Å²) in [5.41, 5.74) is 0.928. The predicted molar refractivity (Wildman–Crippen MR) is 45.0 cm³/mol. The lowest BCUT2D eigenvalue weighted by atomic mass is 10.1. The molecule has 0 atom stereocenters. The zero-order valence-corrected chi connectivity index (χ0v) is 6.59. The van der Waals surface area contributed by atoms with Gasteiger partial charge in [-0.1, -0.05) is 25.7 Å². The van der Waals surface area contributed by atoms with Crippen LogP contribution in [0.4, 0.5) is 0 Å². The van der Waals surface area contributed by atoms with Crippen molar-refractivity contribution in [2.45, 2.75) is 20.3 Å². The van der Waals surface area contributed by atoms with E-state index in [2.05, 4.69) is 6.58 Å². The van der Waals surface area contributed by atoms with Gasteiger partial charge in [0.05, 0.1) is 0 Å². The quantitative estimate of drug-likeness (QED) is 0.469. The van der Waals surface area contributed by atoms with Gasteiger partial charge in [0.15, 0.2) is 0 Å². The number of hydrogen-bond donors (Lipinski definition) is 1. The van der Waals surface area contributed by atoms with Crippen molar-refractivity contribution in [2.24, 2.45) is 0 Å². The fourth-order valence-electron chi connectivity index (χ4n) is 0.712. The molecule has 0 aliphatic heterocycles. The Kier molecular flexibility index (Phi) is 4.38. The van der Waals surface area contributed by atoms with Crippen molar-refractivity contribution in [2.75, 3.05) is 0 Å². The third-order valence-corrected chi connectivity index (χ3v) is 1.30. The lowest BCUT2D eigenvalue weighted by molar-refractivity contribution is 0.419. The molecule has 0 unspecified atom stereocenters. The van der Waals surface area contributed by atoms with Crippen LogP contribution < -0.4 is 0 Å². The molecule has 10 heavy (non-hydrogen) atoms. The second kappa shape index (κ2) is 4.86. The third kappa shape index (κ3) is 2.53. The van der Waals surface area contributed by atoms with E-state index in [1.54, 1.807) is 12.2 Å². The minimum absolute atomic E-state index is 0.349. The van der Waals surface area contributed by atoms with Crippen molar-refractivity contribution in [3.63, 3.8) is 0 Å². The number of aliphatic hydroxyl groups is 1. The molecule has 0 radical (unpaired) electrons. The molecule has 0 amide bonds. The summed E-state index contributed by atoms with van der Waals surface area (Å²) in [7, 11) is 0. The molecular formula is C9H14O. The van der Waals surface area contributed by atoms with E-state index in [1.165, 1.54) is 0 Å². The molecule has 0 aliphatic carbocycles. The largest absolute Gasteiger partial charge is 0.508 e. The number of hydrogen-bond acceptors (Lipinski definition) is 1. The van der Waals surface area contributed by atoms with Gasteiger partial charge in [-0.05, 0) is 25.0 Å². The smallest absolute Gasteiger partial charge is 0.114 e.